The Morgan fingerprint density at radius 3 is 0.733 bits per heavy atom. The van der Waals surface area contributed by atoms with Crippen LogP contribution in [0.4, 0.5) is 0 Å². The van der Waals surface area contributed by atoms with E-state index in [2.05, 4.69) is 0 Å². The zero-order valence-corrected chi connectivity index (χ0v) is 15.2. The molecule has 0 aliphatic carbocycles. The van der Waals surface area contributed by atoms with Crippen LogP contribution in [-0.4, -0.2) is 20.5 Å². The van der Waals surface area contributed by atoms with Gasteiger partial charge in [0.05, 0.1) is 0 Å². The molecule has 0 fully saturated rings. The van der Waals surface area contributed by atoms with Gasteiger partial charge in [-0.1, -0.05) is 82.7 Å². The summed E-state index contributed by atoms with van der Waals surface area (Å²) in [4.78, 5) is 0. The van der Waals surface area contributed by atoms with Crippen LogP contribution in [0.25, 0.3) is 0 Å². The Morgan fingerprint density at radius 2 is 0.533 bits per heavy atom. The molecule has 0 nitrogen and oxygen atoms in total. The number of unbranched alkanes of at least 4 members (excludes halogenated alkanes) is 10. The monoisotopic (exact) mass is 244 g/mol. The highest BCUT2D eigenvalue weighted by atomic mass is 28.1. The van der Waals surface area contributed by atoms with Crippen LogP contribution >= 0.6 is 0 Å². The van der Waals surface area contributed by atoms with Gasteiger partial charge in [0.2, 0.25) is 0 Å². The Kier molecular flexibility index (Phi) is 14.9. The van der Waals surface area contributed by atoms with Crippen LogP contribution in [0.2, 0.25) is 12.1 Å². The van der Waals surface area contributed by atoms with Crippen LogP contribution in [0.1, 0.15) is 70.6 Å². The van der Waals surface area contributed by atoms with E-state index in [0.717, 1.165) is 0 Å². The number of rotatable bonds is 12. The molecule has 0 atom stereocenters. The van der Waals surface area contributed by atoms with Gasteiger partial charge in [-0.15, -0.1) is 0 Å². The fourth-order valence-corrected chi connectivity index (χ4v) is 3.09. The van der Waals surface area contributed by atoms with Gasteiger partial charge in [0, 0.05) is 20.5 Å². The van der Waals surface area contributed by atoms with Crippen molar-refractivity contribution in [3.8, 4) is 0 Å². The summed E-state index contributed by atoms with van der Waals surface area (Å²) in [6.45, 7) is 0. The molecule has 0 spiro atoms. The summed E-state index contributed by atoms with van der Waals surface area (Å²) in [5.41, 5.74) is 0. The average Bonchev–Trinajstić information content (AvgIpc) is 2.26. The van der Waals surface area contributed by atoms with E-state index in [1.807, 2.05) is 0 Å². The van der Waals surface area contributed by atoms with Crippen molar-refractivity contribution in [3.63, 3.8) is 0 Å². The molecule has 0 unspecified atom stereocenters. The van der Waals surface area contributed by atoms with E-state index in [0.29, 0.717) is 0 Å². The highest BCUT2D eigenvalue weighted by Gasteiger charge is 1.92. The largest absolute Gasteiger partial charge is 0.0658 e. The molecule has 15 heavy (non-hydrogen) atoms. The molecule has 0 aliphatic heterocycles. The lowest BCUT2D eigenvalue weighted by Gasteiger charge is -2.01. The van der Waals surface area contributed by atoms with E-state index in [1.165, 1.54) is 103 Å². The topological polar surface area (TPSA) is 0 Å². The molecule has 0 aromatic rings. The lowest BCUT2D eigenvalue weighted by molar-refractivity contribution is 0.554. The Labute approximate surface area is 103 Å². The van der Waals surface area contributed by atoms with Gasteiger partial charge in [0.1, 0.15) is 0 Å². The van der Waals surface area contributed by atoms with Crippen molar-refractivity contribution in [3.05, 3.63) is 0 Å². The van der Waals surface area contributed by atoms with Gasteiger partial charge < -0.3 is 0 Å². The molecule has 0 aliphatic rings. The smallest absolute Gasteiger partial charge is 0.00279 e. The molecule has 0 saturated carbocycles. The predicted octanol–water partition coefficient (Wildman–Crippen LogP) is 2.84. The molecule has 0 rings (SSSR count). The van der Waals surface area contributed by atoms with Crippen LogP contribution in [0.3, 0.4) is 0 Å². The van der Waals surface area contributed by atoms with E-state index in [1.54, 1.807) is 0 Å². The third kappa shape index (κ3) is 14.4. The molecule has 0 bridgehead atoms. The number of hydrogen-bond donors (Lipinski definition) is 0. The molecular weight excluding hydrogens is 212 g/mol. The highest BCUT2D eigenvalue weighted by molar-refractivity contribution is 6.08. The van der Waals surface area contributed by atoms with Crippen LogP contribution in [0, 0.1) is 0 Å². The first-order chi connectivity index (χ1) is 7.41. The van der Waals surface area contributed by atoms with E-state index >= 15 is 0 Å². The first kappa shape index (κ1) is 15.4. The van der Waals surface area contributed by atoms with E-state index in [4.69, 9.17) is 0 Å². The zero-order valence-electron chi connectivity index (χ0n) is 11.2. The first-order valence-corrected chi connectivity index (χ1v) is 10.2. The minimum atomic E-state index is 1.41. The first-order valence-electron chi connectivity index (χ1n) is 7.41. The van der Waals surface area contributed by atoms with Gasteiger partial charge in [0.25, 0.3) is 0 Å². The molecule has 2 heteroatoms. The summed E-state index contributed by atoms with van der Waals surface area (Å²) in [7, 11) is 2.82. The molecule has 0 heterocycles. The van der Waals surface area contributed by atoms with Crippen molar-refractivity contribution in [2.75, 3.05) is 0 Å². The minimum Gasteiger partial charge on any atom is -0.0658 e. The quantitative estimate of drug-likeness (QED) is 0.366. The van der Waals surface area contributed by atoms with E-state index in [-0.39, 0.29) is 0 Å². The third-order valence-corrected chi connectivity index (χ3v) is 4.62. The van der Waals surface area contributed by atoms with Crippen molar-refractivity contribution < 1.29 is 0 Å². The molecular formula is C13H32Si2. The van der Waals surface area contributed by atoms with Crippen molar-refractivity contribution in [1.29, 1.82) is 0 Å². The fraction of sp³-hybridized carbons (Fsp3) is 1.00. The van der Waals surface area contributed by atoms with E-state index in [9.17, 15) is 0 Å². The van der Waals surface area contributed by atoms with Crippen LogP contribution < -0.4 is 0 Å². The summed E-state index contributed by atoms with van der Waals surface area (Å²) in [6, 6.07) is 3.03. The van der Waals surface area contributed by atoms with Gasteiger partial charge >= 0.3 is 0 Å². The Bertz CT molecular complexity index is 92.7. The van der Waals surface area contributed by atoms with E-state index < -0.39 is 0 Å². The van der Waals surface area contributed by atoms with Crippen molar-refractivity contribution in [1.82, 2.24) is 0 Å². The molecule has 92 valence electrons. The maximum Gasteiger partial charge on any atom is 0.00279 e. The second kappa shape index (κ2) is 14.4. The standard InChI is InChI=1S/C13H32Si2/c14-12-10-8-6-4-2-1-3-5-7-9-11-13-15/h1-13H2,14-15H3. The summed E-state index contributed by atoms with van der Waals surface area (Å²) >= 11 is 0. The molecule has 0 N–H and O–H groups in total. The lowest BCUT2D eigenvalue weighted by Crippen LogP contribution is -1.82. The summed E-state index contributed by atoms with van der Waals surface area (Å²) < 4.78 is 0. The highest BCUT2D eigenvalue weighted by Crippen LogP contribution is 2.11. The second-order valence-corrected chi connectivity index (χ2v) is 6.89. The van der Waals surface area contributed by atoms with Crippen LogP contribution in [0.5, 0.6) is 0 Å². The normalized spacial score (nSPS) is 11.2. The average molecular weight is 245 g/mol. The molecule has 0 aromatic heterocycles. The van der Waals surface area contributed by atoms with Crippen molar-refractivity contribution >= 4 is 20.5 Å². The Hall–Kier alpha value is 0.434. The summed E-state index contributed by atoms with van der Waals surface area (Å²) in [5.74, 6) is 0. The molecule has 0 saturated heterocycles. The lowest BCUT2D eigenvalue weighted by atomic mass is 10.1. The van der Waals surface area contributed by atoms with Crippen molar-refractivity contribution in [2.24, 2.45) is 0 Å². The van der Waals surface area contributed by atoms with Gasteiger partial charge in [-0.3, -0.25) is 0 Å². The fourth-order valence-electron chi connectivity index (χ4n) is 2.09. The number of hydrogen-bond acceptors (Lipinski definition) is 0. The van der Waals surface area contributed by atoms with Crippen molar-refractivity contribution in [2.45, 2.75) is 82.7 Å². The minimum absolute atomic E-state index is 1.41. The van der Waals surface area contributed by atoms with Gasteiger partial charge in [0.15, 0.2) is 0 Å². The van der Waals surface area contributed by atoms with Gasteiger partial charge in [-0.2, -0.15) is 0 Å². The summed E-state index contributed by atoms with van der Waals surface area (Å²) in [6.07, 6.45) is 16.5. The maximum absolute atomic E-state index is 1.51. The molecule has 0 amide bonds. The van der Waals surface area contributed by atoms with Gasteiger partial charge in [-0.25, -0.2) is 0 Å². The molecule has 0 radical (unpaired) electrons. The van der Waals surface area contributed by atoms with Crippen LogP contribution in [-0.2, 0) is 0 Å². The third-order valence-electron chi connectivity index (χ3n) is 3.21. The SMILES string of the molecule is [SiH3]CCCCCCCCCCCCC[SiH3]. The van der Waals surface area contributed by atoms with Gasteiger partial charge in [-0.05, 0) is 0 Å². The Morgan fingerprint density at radius 1 is 0.333 bits per heavy atom. The predicted molar refractivity (Wildman–Crippen MR) is 80.3 cm³/mol. The second-order valence-electron chi connectivity index (χ2n) is 4.89. The maximum atomic E-state index is 1.51. The van der Waals surface area contributed by atoms with Crippen LogP contribution in [0.15, 0.2) is 0 Å². The molecule has 0 aromatic carbocycles. The zero-order chi connectivity index (χ0) is 11.2. The Balaban J connectivity index is 2.81. The summed E-state index contributed by atoms with van der Waals surface area (Å²) in [5, 5.41) is 0.